The minimum atomic E-state index is -3.29. The summed E-state index contributed by atoms with van der Waals surface area (Å²) >= 11 is 13.6. The van der Waals surface area contributed by atoms with Crippen LogP contribution in [0.1, 0.15) is 0 Å². The molecule has 0 unspecified atom stereocenters. The first-order chi connectivity index (χ1) is 11.8. The van der Waals surface area contributed by atoms with Crippen LogP contribution in [-0.4, -0.2) is 19.7 Å². The van der Waals surface area contributed by atoms with Crippen LogP contribution in [0.15, 0.2) is 47.8 Å². The van der Waals surface area contributed by atoms with Crippen molar-refractivity contribution in [2.75, 3.05) is 16.3 Å². The maximum atomic E-state index is 11.2. The second kappa shape index (κ2) is 7.21. The molecule has 0 atom stereocenters. The third-order valence-corrected chi connectivity index (χ3v) is 5.36. The van der Waals surface area contributed by atoms with Crippen LogP contribution in [0.25, 0.3) is 11.3 Å². The van der Waals surface area contributed by atoms with Crippen LogP contribution in [-0.2, 0) is 10.0 Å². The van der Waals surface area contributed by atoms with Crippen molar-refractivity contribution in [2.24, 2.45) is 0 Å². The number of nitrogens with one attached hydrogen (secondary N) is 2. The number of hydrogen-bond donors (Lipinski definition) is 2. The number of rotatable bonds is 5. The van der Waals surface area contributed by atoms with Gasteiger partial charge in [-0.1, -0.05) is 41.4 Å². The summed E-state index contributed by atoms with van der Waals surface area (Å²) < 4.78 is 24.9. The normalized spacial score (nSPS) is 11.3. The lowest BCUT2D eigenvalue weighted by molar-refractivity contribution is 0.607. The molecule has 25 heavy (non-hydrogen) atoms. The zero-order valence-corrected chi connectivity index (χ0v) is 16.1. The molecule has 0 saturated heterocycles. The van der Waals surface area contributed by atoms with Gasteiger partial charge in [-0.05, 0) is 24.3 Å². The lowest BCUT2D eigenvalue weighted by Crippen LogP contribution is -2.09. The minimum absolute atomic E-state index is 0.442. The molecule has 130 valence electrons. The van der Waals surface area contributed by atoms with E-state index in [2.05, 4.69) is 15.0 Å². The summed E-state index contributed by atoms with van der Waals surface area (Å²) in [6.07, 6.45) is 1.11. The van der Waals surface area contributed by atoms with Gasteiger partial charge in [0.2, 0.25) is 10.0 Å². The molecular formula is C16H13Cl2N3O2S2. The van der Waals surface area contributed by atoms with E-state index in [4.69, 9.17) is 23.2 Å². The topological polar surface area (TPSA) is 71.1 Å². The highest BCUT2D eigenvalue weighted by Crippen LogP contribution is 2.34. The Morgan fingerprint density at radius 3 is 2.48 bits per heavy atom. The highest BCUT2D eigenvalue weighted by Gasteiger charge is 2.09. The smallest absolute Gasteiger partial charge is 0.229 e. The highest BCUT2D eigenvalue weighted by atomic mass is 35.5. The molecular weight excluding hydrogens is 401 g/mol. The zero-order valence-electron chi connectivity index (χ0n) is 13.0. The lowest BCUT2D eigenvalue weighted by Gasteiger charge is -2.06. The van der Waals surface area contributed by atoms with E-state index < -0.39 is 10.0 Å². The van der Waals surface area contributed by atoms with E-state index in [1.165, 1.54) is 11.3 Å². The van der Waals surface area contributed by atoms with Crippen molar-refractivity contribution >= 4 is 61.1 Å². The van der Waals surface area contributed by atoms with E-state index in [1.54, 1.807) is 36.4 Å². The fourth-order valence-electron chi connectivity index (χ4n) is 2.10. The fraction of sp³-hybridized carbons (Fsp3) is 0.0625. The van der Waals surface area contributed by atoms with Crippen molar-refractivity contribution < 1.29 is 8.42 Å². The van der Waals surface area contributed by atoms with Gasteiger partial charge in [-0.3, -0.25) is 4.72 Å². The molecule has 5 nitrogen and oxygen atoms in total. The van der Waals surface area contributed by atoms with Crippen LogP contribution in [0.4, 0.5) is 16.5 Å². The van der Waals surface area contributed by atoms with Gasteiger partial charge in [0.25, 0.3) is 0 Å². The summed E-state index contributed by atoms with van der Waals surface area (Å²) in [6.45, 7) is 0. The van der Waals surface area contributed by atoms with Gasteiger partial charge < -0.3 is 5.32 Å². The Morgan fingerprint density at radius 2 is 1.80 bits per heavy atom. The summed E-state index contributed by atoms with van der Waals surface area (Å²) in [5, 5.41) is 6.64. The number of aromatic nitrogens is 1. The van der Waals surface area contributed by atoms with Crippen LogP contribution in [0.5, 0.6) is 0 Å². The van der Waals surface area contributed by atoms with Gasteiger partial charge in [0.15, 0.2) is 5.13 Å². The maximum absolute atomic E-state index is 11.2. The molecule has 0 fully saturated rings. The summed E-state index contributed by atoms with van der Waals surface area (Å²) in [5.41, 5.74) is 2.84. The summed E-state index contributed by atoms with van der Waals surface area (Å²) in [5.74, 6) is 0. The molecule has 1 aromatic heterocycles. The van der Waals surface area contributed by atoms with Gasteiger partial charge in [-0.25, -0.2) is 13.4 Å². The summed E-state index contributed by atoms with van der Waals surface area (Å²) in [7, 11) is -3.29. The second-order valence-electron chi connectivity index (χ2n) is 5.22. The molecule has 0 saturated carbocycles. The van der Waals surface area contributed by atoms with Crippen molar-refractivity contribution in [1.82, 2.24) is 4.98 Å². The molecule has 0 aliphatic rings. The predicted octanol–water partition coefficient (Wildman–Crippen LogP) is 5.23. The van der Waals surface area contributed by atoms with E-state index in [1.807, 2.05) is 11.4 Å². The molecule has 0 radical (unpaired) electrons. The van der Waals surface area contributed by atoms with E-state index >= 15 is 0 Å². The number of halogens is 2. The molecule has 2 aromatic carbocycles. The number of thiazole rings is 1. The average molecular weight is 414 g/mol. The van der Waals surface area contributed by atoms with Gasteiger partial charge in [0.05, 0.1) is 27.7 Å². The molecule has 1 heterocycles. The second-order valence-corrected chi connectivity index (χ2v) is 8.61. The minimum Gasteiger partial charge on any atom is -0.330 e. The molecule has 2 N–H and O–H groups in total. The fourth-order valence-corrected chi connectivity index (χ4v) is 3.75. The quantitative estimate of drug-likeness (QED) is 0.600. The van der Waals surface area contributed by atoms with Crippen LogP contribution in [0.2, 0.25) is 10.0 Å². The van der Waals surface area contributed by atoms with Crippen LogP contribution >= 0.6 is 34.5 Å². The van der Waals surface area contributed by atoms with Gasteiger partial charge in [0, 0.05) is 16.6 Å². The molecule has 0 aliphatic heterocycles. The van der Waals surface area contributed by atoms with Gasteiger partial charge in [-0.2, -0.15) is 0 Å². The number of hydrogen-bond acceptors (Lipinski definition) is 5. The van der Waals surface area contributed by atoms with Gasteiger partial charge >= 0.3 is 0 Å². The predicted molar refractivity (Wildman–Crippen MR) is 106 cm³/mol. The van der Waals surface area contributed by atoms with Crippen molar-refractivity contribution in [3.8, 4) is 11.3 Å². The van der Waals surface area contributed by atoms with E-state index in [0.29, 0.717) is 26.6 Å². The first kappa shape index (κ1) is 18.0. The molecule has 9 heteroatoms. The largest absolute Gasteiger partial charge is 0.330 e. The Bertz CT molecular complexity index is 1000. The van der Waals surface area contributed by atoms with Crippen LogP contribution in [0.3, 0.4) is 0 Å². The van der Waals surface area contributed by atoms with Gasteiger partial charge in [-0.15, -0.1) is 11.3 Å². The number of benzene rings is 2. The number of anilines is 3. The molecule has 0 spiro atoms. The van der Waals surface area contributed by atoms with Crippen molar-refractivity contribution in [3.63, 3.8) is 0 Å². The maximum Gasteiger partial charge on any atom is 0.229 e. The summed E-state index contributed by atoms with van der Waals surface area (Å²) in [4.78, 5) is 4.52. The Morgan fingerprint density at radius 1 is 1.08 bits per heavy atom. The highest BCUT2D eigenvalue weighted by molar-refractivity contribution is 7.92. The Balaban J connectivity index is 1.78. The number of nitrogens with zero attached hydrogens (tertiary/aromatic N) is 1. The van der Waals surface area contributed by atoms with Crippen molar-refractivity contribution in [3.05, 3.63) is 57.9 Å². The average Bonchev–Trinajstić information content (AvgIpc) is 3.00. The van der Waals surface area contributed by atoms with Crippen molar-refractivity contribution in [1.29, 1.82) is 0 Å². The van der Waals surface area contributed by atoms with Crippen LogP contribution < -0.4 is 10.0 Å². The van der Waals surface area contributed by atoms with Gasteiger partial charge in [0.1, 0.15) is 0 Å². The molecule has 0 aliphatic carbocycles. The SMILES string of the molecule is CS(=O)(=O)Nc1ccc(-c2csc(Nc3cccc(Cl)c3Cl)n2)cc1. The van der Waals surface area contributed by atoms with Crippen LogP contribution in [0, 0.1) is 0 Å². The summed E-state index contributed by atoms with van der Waals surface area (Å²) in [6, 6.07) is 12.3. The van der Waals surface area contributed by atoms with E-state index in [9.17, 15) is 8.42 Å². The molecule has 0 bridgehead atoms. The van der Waals surface area contributed by atoms with E-state index in [0.717, 1.165) is 17.5 Å². The van der Waals surface area contributed by atoms with E-state index in [-0.39, 0.29) is 0 Å². The third-order valence-electron chi connectivity index (χ3n) is 3.18. The first-order valence-corrected chi connectivity index (χ1v) is 10.6. The third kappa shape index (κ3) is 4.64. The first-order valence-electron chi connectivity index (χ1n) is 7.06. The Hall–Kier alpha value is -1.80. The monoisotopic (exact) mass is 413 g/mol. The molecule has 0 amide bonds. The Kier molecular flexibility index (Phi) is 5.19. The van der Waals surface area contributed by atoms with Crippen molar-refractivity contribution in [2.45, 2.75) is 0 Å². The zero-order chi connectivity index (χ0) is 18.0. The number of sulfonamides is 1. The Labute approximate surface area is 159 Å². The standard InChI is InChI=1S/C16H13Cl2N3O2S2/c1-25(22,23)21-11-7-5-10(6-8-11)14-9-24-16(20-14)19-13-4-2-3-12(17)15(13)18/h2-9,21H,1H3,(H,19,20). The molecule has 3 aromatic rings. The molecule has 3 rings (SSSR count). The lowest BCUT2D eigenvalue weighted by atomic mass is 10.1.